The molecule has 1 aliphatic heterocycles. The number of hydrogen-bond donors (Lipinski definition) is 2. The molecule has 1 fully saturated rings. The maximum atomic E-state index is 12.3. The van der Waals surface area contributed by atoms with Gasteiger partial charge in [0.05, 0.1) is 11.6 Å². The van der Waals surface area contributed by atoms with Gasteiger partial charge in [0.25, 0.3) is 0 Å². The SMILES string of the molecule is Cl.NCc1cc(N2CC[C@@H](C(=O)Nc3ccccc3)C2)ncn1. The topological polar surface area (TPSA) is 84.1 Å². The van der Waals surface area contributed by atoms with Crippen LogP contribution in [-0.4, -0.2) is 29.0 Å². The Kier molecular flexibility index (Phi) is 5.90. The Morgan fingerprint density at radius 2 is 2.09 bits per heavy atom. The van der Waals surface area contributed by atoms with Gasteiger partial charge in [0.1, 0.15) is 12.1 Å². The number of carbonyl (C=O) groups excluding carboxylic acids is 1. The van der Waals surface area contributed by atoms with Gasteiger partial charge in [-0.3, -0.25) is 4.79 Å². The number of hydrogen-bond acceptors (Lipinski definition) is 5. The molecule has 2 aromatic rings. The van der Waals surface area contributed by atoms with Gasteiger partial charge >= 0.3 is 0 Å². The quantitative estimate of drug-likeness (QED) is 0.891. The van der Waals surface area contributed by atoms with Crippen LogP contribution in [0.25, 0.3) is 0 Å². The average Bonchev–Trinajstić information content (AvgIpc) is 3.06. The third-order valence-electron chi connectivity index (χ3n) is 3.84. The second-order valence-corrected chi connectivity index (χ2v) is 5.36. The summed E-state index contributed by atoms with van der Waals surface area (Å²) in [5.41, 5.74) is 7.25. The molecule has 1 saturated heterocycles. The van der Waals surface area contributed by atoms with Crippen molar-refractivity contribution >= 4 is 29.8 Å². The predicted molar refractivity (Wildman–Crippen MR) is 92.6 cm³/mol. The molecule has 0 bridgehead atoms. The molecule has 0 unspecified atom stereocenters. The largest absolute Gasteiger partial charge is 0.356 e. The van der Waals surface area contributed by atoms with Crippen LogP contribution in [0.3, 0.4) is 0 Å². The molecule has 1 atom stereocenters. The van der Waals surface area contributed by atoms with Gasteiger partial charge in [-0.05, 0) is 18.6 Å². The molecule has 23 heavy (non-hydrogen) atoms. The number of para-hydroxylation sites is 1. The number of aromatic nitrogens is 2. The van der Waals surface area contributed by atoms with Crippen LogP contribution in [0.15, 0.2) is 42.7 Å². The van der Waals surface area contributed by atoms with E-state index in [-0.39, 0.29) is 24.2 Å². The zero-order valence-electron chi connectivity index (χ0n) is 12.7. The Labute approximate surface area is 141 Å². The van der Waals surface area contributed by atoms with Crippen molar-refractivity contribution in [2.45, 2.75) is 13.0 Å². The predicted octanol–water partition coefficient (Wildman–Crippen LogP) is 1.82. The van der Waals surface area contributed by atoms with E-state index in [4.69, 9.17) is 5.73 Å². The summed E-state index contributed by atoms with van der Waals surface area (Å²) in [5.74, 6) is 0.865. The zero-order valence-corrected chi connectivity index (χ0v) is 13.5. The molecule has 0 aliphatic carbocycles. The number of nitrogens with one attached hydrogen (secondary N) is 1. The third-order valence-corrected chi connectivity index (χ3v) is 3.84. The Morgan fingerprint density at radius 3 is 2.83 bits per heavy atom. The number of nitrogens with zero attached hydrogens (tertiary/aromatic N) is 3. The lowest BCUT2D eigenvalue weighted by molar-refractivity contribution is -0.119. The zero-order chi connectivity index (χ0) is 15.4. The highest BCUT2D eigenvalue weighted by molar-refractivity contribution is 5.93. The summed E-state index contributed by atoms with van der Waals surface area (Å²) in [7, 11) is 0. The van der Waals surface area contributed by atoms with E-state index in [0.717, 1.165) is 30.2 Å². The highest BCUT2D eigenvalue weighted by Gasteiger charge is 2.29. The molecule has 1 amide bonds. The molecule has 0 saturated carbocycles. The number of benzene rings is 1. The van der Waals surface area contributed by atoms with Crippen LogP contribution >= 0.6 is 12.4 Å². The molecule has 7 heteroatoms. The first-order valence-corrected chi connectivity index (χ1v) is 7.38. The van der Waals surface area contributed by atoms with E-state index in [2.05, 4.69) is 20.2 Å². The van der Waals surface area contributed by atoms with Crippen LogP contribution in [0.1, 0.15) is 12.1 Å². The number of carbonyl (C=O) groups is 1. The minimum atomic E-state index is -0.0310. The second-order valence-electron chi connectivity index (χ2n) is 5.36. The summed E-state index contributed by atoms with van der Waals surface area (Å²) in [6.07, 6.45) is 2.34. The number of anilines is 2. The van der Waals surface area contributed by atoms with Gasteiger partial charge in [-0.25, -0.2) is 9.97 Å². The van der Waals surface area contributed by atoms with E-state index in [0.29, 0.717) is 13.1 Å². The first-order valence-electron chi connectivity index (χ1n) is 7.38. The minimum absolute atomic E-state index is 0. The van der Waals surface area contributed by atoms with Crippen molar-refractivity contribution in [2.24, 2.45) is 11.7 Å². The molecule has 1 aromatic heterocycles. The normalized spacial score (nSPS) is 16.7. The molecule has 122 valence electrons. The summed E-state index contributed by atoms with van der Waals surface area (Å²) in [6.45, 7) is 1.87. The molecule has 3 rings (SSSR count). The van der Waals surface area contributed by atoms with Gasteiger partial charge in [0, 0.05) is 31.4 Å². The van der Waals surface area contributed by atoms with Gasteiger partial charge in [0.2, 0.25) is 5.91 Å². The molecule has 0 spiro atoms. The standard InChI is InChI=1S/C16H19N5O.ClH/c17-9-14-8-15(19-11-18-14)21-7-6-12(10-21)16(22)20-13-4-2-1-3-5-13;/h1-5,8,11-12H,6-7,9-10,17H2,(H,20,22);1H/t12-;/m1./s1. The summed E-state index contributed by atoms with van der Waals surface area (Å²) in [5, 5.41) is 2.96. The number of nitrogens with two attached hydrogens (primary N) is 1. The lowest BCUT2D eigenvalue weighted by Gasteiger charge is -2.17. The van der Waals surface area contributed by atoms with Crippen molar-refractivity contribution in [2.75, 3.05) is 23.3 Å². The number of amides is 1. The fourth-order valence-corrected chi connectivity index (χ4v) is 2.62. The highest BCUT2D eigenvalue weighted by atomic mass is 35.5. The first-order chi connectivity index (χ1) is 10.8. The maximum absolute atomic E-state index is 12.3. The van der Waals surface area contributed by atoms with E-state index in [9.17, 15) is 4.79 Å². The van der Waals surface area contributed by atoms with Crippen LogP contribution < -0.4 is 16.0 Å². The van der Waals surface area contributed by atoms with Crippen molar-refractivity contribution in [1.82, 2.24) is 9.97 Å². The average molecular weight is 334 g/mol. The third kappa shape index (κ3) is 4.18. The van der Waals surface area contributed by atoms with E-state index in [1.807, 2.05) is 36.4 Å². The molecule has 3 N–H and O–H groups in total. The van der Waals surface area contributed by atoms with E-state index >= 15 is 0 Å². The monoisotopic (exact) mass is 333 g/mol. The van der Waals surface area contributed by atoms with Crippen LogP contribution in [0, 0.1) is 5.92 Å². The Morgan fingerprint density at radius 1 is 1.30 bits per heavy atom. The summed E-state index contributed by atoms with van der Waals surface area (Å²) >= 11 is 0. The highest BCUT2D eigenvalue weighted by Crippen LogP contribution is 2.23. The van der Waals surface area contributed by atoms with Gasteiger partial charge in [-0.15, -0.1) is 12.4 Å². The molecule has 1 aliphatic rings. The fraction of sp³-hybridized carbons (Fsp3) is 0.312. The molecule has 6 nitrogen and oxygen atoms in total. The molecule has 2 heterocycles. The van der Waals surface area contributed by atoms with Crippen molar-refractivity contribution < 1.29 is 4.79 Å². The lowest BCUT2D eigenvalue weighted by Crippen LogP contribution is -2.27. The number of rotatable bonds is 4. The van der Waals surface area contributed by atoms with Crippen molar-refractivity contribution in [3.63, 3.8) is 0 Å². The Balaban J connectivity index is 0.00000192. The molecule has 0 radical (unpaired) electrons. The molecular weight excluding hydrogens is 314 g/mol. The summed E-state index contributed by atoms with van der Waals surface area (Å²) in [6, 6.07) is 11.4. The smallest absolute Gasteiger partial charge is 0.229 e. The Hall–Kier alpha value is -2.18. The summed E-state index contributed by atoms with van der Waals surface area (Å²) in [4.78, 5) is 22.8. The fourth-order valence-electron chi connectivity index (χ4n) is 2.62. The van der Waals surface area contributed by atoms with Gasteiger partial charge in [-0.1, -0.05) is 18.2 Å². The van der Waals surface area contributed by atoms with Crippen LogP contribution in [0.5, 0.6) is 0 Å². The van der Waals surface area contributed by atoms with Crippen LogP contribution in [-0.2, 0) is 11.3 Å². The minimum Gasteiger partial charge on any atom is -0.356 e. The van der Waals surface area contributed by atoms with Gasteiger partial charge < -0.3 is 16.0 Å². The van der Waals surface area contributed by atoms with E-state index in [1.165, 1.54) is 6.33 Å². The second kappa shape index (κ2) is 7.89. The number of halogens is 1. The lowest BCUT2D eigenvalue weighted by atomic mass is 10.1. The van der Waals surface area contributed by atoms with Crippen molar-refractivity contribution in [3.8, 4) is 0 Å². The van der Waals surface area contributed by atoms with Crippen LogP contribution in [0.2, 0.25) is 0 Å². The maximum Gasteiger partial charge on any atom is 0.229 e. The molecule has 1 aromatic carbocycles. The molecular formula is C16H20ClN5O. The van der Waals surface area contributed by atoms with Gasteiger partial charge in [0.15, 0.2) is 0 Å². The van der Waals surface area contributed by atoms with Crippen LogP contribution in [0.4, 0.5) is 11.5 Å². The first kappa shape index (κ1) is 17.2. The Bertz CT molecular complexity index is 652. The van der Waals surface area contributed by atoms with Crippen molar-refractivity contribution in [3.05, 3.63) is 48.4 Å². The van der Waals surface area contributed by atoms with E-state index < -0.39 is 0 Å². The van der Waals surface area contributed by atoms with E-state index in [1.54, 1.807) is 0 Å². The van der Waals surface area contributed by atoms with Crippen molar-refractivity contribution in [1.29, 1.82) is 0 Å². The summed E-state index contributed by atoms with van der Waals surface area (Å²) < 4.78 is 0. The van der Waals surface area contributed by atoms with Gasteiger partial charge in [-0.2, -0.15) is 0 Å².